The summed E-state index contributed by atoms with van der Waals surface area (Å²) >= 11 is 0. The van der Waals surface area contributed by atoms with Crippen molar-refractivity contribution in [2.45, 2.75) is 51.8 Å². The van der Waals surface area contributed by atoms with E-state index in [0.29, 0.717) is 19.6 Å². The van der Waals surface area contributed by atoms with Crippen molar-refractivity contribution in [2.75, 3.05) is 13.2 Å². The third-order valence-corrected chi connectivity index (χ3v) is 4.40. The van der Waals surface area contributed by atoms with Crippen LogP contribution in [0.1, 0.15) is 57.2 Å². The van der Waals surface area contributed by atoms with Crippen molar-refractivity contribution in [3.05, 3.63) is 35.4 Å². The van der Waals surface area contributed by atoms with Gasteiger partial charge in [-0.3, -0.25) is 9.69 Å². The van der Waals surface area contributed by atoms with Crippen LogP contribution in [0.5, 0.6) is 0 Å². The van der Waals surface area contributed by atoms with Gasteiger partial charge in [-0.25, -0.2) is 4.79 Å². The van der Waals surface area contributed by atoms with Crippen LogP contribution in [0.25, 0.3) is 0 Å². The van der Waals surface area contributed by atoms with Gasteiger partial charge in [0.1, 0.15) is 5.72 Å². The van der Waals surface area contributed by atoms with Crippen LogP contribution < -0.4 is 0 Å². The van der Waals surface area contributed by atoms with E-state index in [1.54, 1.807) is 20.8 Å². The van der Waals surface area contributed by atoms with Gasteiger partial charge in [0.05, 0.1) is 25.2 Å². The minimum Gasteiger partial charge on any atom is -0.466 e. The summed E-state index contributed by atoms with van der Waals surface area (Å²) in [6.45, 7) is 7.88. The van der Waals surface area contributed by atoms with Crippen LogP contribution in [0.15, 0.2) is 24.3 Å². The summed E-state index contributed by atoms with van der Waals surface area (Å²) in [5.74, 6) is -0.531. The highest BCUT2D eigenvalue weighted by Gasteiger charge is 2.44. The molecule has 0 aromatic heterocycles. The van der Waals surface area contributed by atoms with Crippen molar-refractivity contribution in [2.24, 2.45) is 0 Å². The standard InChI is InChI=1S/C18H25NO5/c1-5-14(16(20)23-6-2)12-7-9-13(10-8-12)15-11-24-18(3,4)19(15)17(21)22/h7-10,14-15H,5-6,11H2,1-4H3,(H,21,22)/t14?,15-/m1/s1. The number of esters is 1. The summed E-state index contributed by atoms with van der Waals surface area (Å²) in [6.07, 6.45) is -0.358. The molecule has 1 aliphatic rings. The fraction of sp³-hybridized carbons (Fsp3) is 0.556. The van der Waals surface area contributed by atoms with Gasteiger partial charge in [-0.05, 0) is 38.3 Å². The molecule has 1 amide bonds. The number of hydrogen-bond acceptors (Lipinski definition) is 4. The van der Waals surface area contributed by atoms with Crippen LogP contribution in [0.3, 0.4) is 0 Å². The second-order valence-corrected chi connectivity index (χ2v) is 6.31. The second-order valence-electron chi connectivity index (χ2n) is 6.31. The van der Waals surface area contributed by atoms with E-state index < -0.39 is 11.8 Å². The molecule has 1 aliphatic heterocycles. The van der Waals surface area contributed by atoms with Crippen molar-refractivity contribution in [1.29, 1.82) is 0 Å². The predicted molar refractivity (Wildman–Crippen MR) is 88.7 cm³/mol. The Balaban J connectivity index is 2.23. The maximum atomic E-state index is 12.0. The van der Waals surface area contributed by atoms with E-state index >= 15 is 0 Å². The summed E-state index contributed by atoms with van der Waals surface area (Å²) in [6, 6.07) is 7.11. The zero-order valence-corrected chi connectivity index (χ0v) is 14.6. The van der Waals surface area contributed by atoms with Crippen LogP contribution in [0.2, 0.25) is 0 Å². The topological polar surface area (TPSA) is 76.1 Å². The van der Waals surface area contributed by atoms with Gasteiger partial charge in [-0.2, -0.15) is 0 Å². The van der Waals surface area contributed by atoms with Crippen molar-refractivity contribution in [3.63, 3.8) is 0 Å². The molecule has 0 radical (unpaired) electrons. The quantitative estimate of drug-likeness (QED) is 0.833. The van der Waals surface area contributed by atoms with E-state index in [-0.39, 0.29) is 17.9 Å². The number of ether oxygens (including phenoxy) is 2. The molecule has 1 fully saturated rings. The van der Waals surface area contributed by atoms with Crippen molar-refractivity contribution >= 4 is 12.1 Å². The van der Waals surface area contributed by atoms with Gasteiger partial charge in [0.15, 0.2) is 0 Å². The summed E-state index contributed by atoms with van der Waals surface area (Å²) in [5.41, 5.74) is 0.872. The van der Waals surface area contributed by atoms with Crippen molar-refractivity contribution in [3.8, 4) is 0 Å². The van der Waals surface area contributed by atoms with Crippen LogP contribution >= 0.6 is 0 Å². The number of amides is 1. The molecule has 0 spiro atoms. The molecule has 0 aliphatic carbocycles. The Labute approximate surface area is 142 Å². The molecule has 6 heteroatoms. The summed E-state index contributed by atoms with van der Waals surface area (Å²) in [7, 11) is 0. The molecule has 0 saturated carbocycles. The molecular weight excluding hydrogens is 310 g/mol. The van der Waals surface area contributed by atoms with E-state index in [2.05, 4.69) is 0 Å². The molecule has 2 atom stereocenters. The van der Waals surface area contributed by atoms with Gasteiger partial charge in [0, 0.05) is 0 Å². The first-order valence-corrected chi connectivity index (χ1v) is 8.24. The van der Waals surface area contributed by atoms with Crippen LogP contribution in [0, 0.1) is 0 Å². The number of nitrogens with zero attached hydrogens (tertiary/aromatic N) is 1. The van der Waals surface area contributed by atoms with E-state index in [4.69, 9.17) is 9.47 Å². The summed E-state index contributed by atoms with van der Waals surface area (Å²) in [5, 5.41) is 9.48. The first kappa shape index (κ1) is 18.3. The fourth-order valence-corrected chi connectivity index (χ4v) is 3.14. The van der Waals surface area contributed by atoms with Crippen LogP contribution in [0.4, 0.5) is 4.79 Å². The van der Waals surface area contributed by atoms with Gasteiger partial charge in [-0.15, -0.1) is 0 Å². The van der Waals surface area contributed by atoms with E-state index in [1.807, 2.05) is 31.2 Å². The Morgan fingerprint density at radius 2 is 1.96 bits per heavy atom. The van der Waals surface area contributed by atoms with Crippen molar-refractivity contribution in [1.82, 2.24) is 4.90 Å². The normalized spacial score (nSPS) is 20.7. The SMILES string of the molecule is CCOC(=O)C(CC)c1ccc([C@H]2COC(C)(C)N2C(=O)O)cc1. The predicted octanol–water partition coefficient (Wildman–Crippen LogP) is 3.53. The number of carbonyl (C=O) groups excluding carboxylic acids is 1. The summed E-state index contributed by atoms with van der Waals surface area (Å²) in [4.78, 5) is 24.9. The lowest BCUT2D eigenvalue weighted by atomic mass is 9.94. The first-order valence-electron chi connectivity index (χ1n) is 8.24. The zero-order chi connectivity index (χ0) is 17.9. The molecule has 132 valence electrons. The van der Waals surface area contributed by atoms with Crippen molar-refractivity contribution < 1.29 is 24.2 Å². The number of hydrogen-bond donors (Lipinski definition) is 1. The maximum absolute atomic E-state index is 12.0. The highest BCUT2D eigenvalue weighted by atomic mass is 16.5. The zero-order valence-electron chi connectivity index (χ0n) is 14.6. The van der Waals surface area contributed by atoms with E-state index in [9.17, 15) is 14.7 Å². The molecular formula is C18H25NO5. The minimum atomic E-state index is -1.01. The summed E-state index contributed by atoms with van der Waals surface area (Å²) < 4.78 is 10.7. The molecule has 1 aromatic carbocycles. The Bertz CT molecular complexity index is 596. The molecule has 1 unspecified atom stereocenters. The molecule has 2 rings (SSSR count). The van der Waals surface area contributed by atoms with Crippen LogP contribution in [-0.4, -0.2) is 41.0 Å². The van der Waals surface area contributed by atoms with Gasteiger partial charge < -0.3 is 14.6 Å². The van der Waals surface area contributed by atoms with E-state index in [0.717, 1.165) is 11.1 Å². The number of carbonyl (C=O) groups is 2. The maximum Gasteiger partial charge on any atom is 0.410 e. The Kier molecular flexibility index (Phi) is 5.49. The molecule has 1 saturated heterocycles. The molecule has 6 nitrogen and oxygen atoms in total. The van der Waals surface area contributed by atoms with Gasteiger partial charge >= 0.3 is 12.1 Å². The third kappa shape index (κ3) is 3.53. The Hall–Kier alpha value is -2.08. The van der Waals surface area contributed by atoms with Crippen LogP contribution in [-0.2, 0) is 14.3 Å². The molecule has 0 bridgehead atoms. The molecule has 1 heterocycles. The lowest BCUT2D eigenvalue weighted by Gasteiger charge is -2.31. The smallest absolute Gasteiger partial charge is 0.410 e. The average Bonchev–Trinajstić information content (AvgIpc) is 2.84. The number of rotatable bonds is 5. The Morgan fingerprint density at radius 3 is 2.46 bits per heavy atom. The lowest BCUT2D eigenvalue weighted by Crippen LogP contribution is -2.44. The molecule has 24 heavy (non-hydrogen) atoms. The fourth-order valence-electron chi connectivity index (χ4n) is 3.14. The van der Waals surface area contributed by atoms with Gasteiger partial charge in [0.25, 0.3) is 0 Å². The molecule has 1 N–H and O–H groups in total. The Morgan fingerprint density at radius 1 is 1.33 bits per heavy atom. The monoisotopic (exact) mass is 335 g/mol. The second kappa shape index (κ2) is 7.21. The lowest BCUT2D eigenvalue weighted by molar-refractivity contribution is -0.145. The first-order chi connectivity index (χ1) is 11.3. The highest BCUT2D eigenvalue weighted by Crippen LogP contribution is 2.37. The number of benzene rings is 1. The minimum absolute atomic E-state index is 0.231. The highest BCUT2D eigenvalue weighted by molar-refractivity contribution is 5.78. The largest absolute Gasteiger partial charge is 0.466 e. The number of carboxylic acid groups (broad SMARTS) is 1. The molecule has 1 aromatic rings. The third-order valence-electron chi connectivity index (χ3n) is 4.40. The average molecular weight is 335 g/mol. The van der Waals surface area contributed by atoms with Gasteiger partial charge in [0.2, 0.25) is 0 Å². The van der Waals surface area contributed by atoms with Gasteiger partial charge in [-0.1, -0.05) is 31.2 Å². The van der Waals surface area contributed by atoms with E-state index in [1.165, 1.54) is 4.90 Å².